The highest BCUT2D eigenvalue weighted by molar-refractivity contribution is 4.95. The Bertz CT molecular complexity index is 308. The molecule has 1 aromatic rings. The summed E-state index contributed by atoms with van der Waals surface area (Å²) >= 11 is 0. The second kappa shape index (κ2) is 4.63. The molecule has 1 heterocycles. The van der Waals surface area contributed by atoms with Crippen molar-refractivity contribution < 1.29 is 0 Å². The monoisotopic (exact) mass is 178 g/mol. The predicted octanol–water partition coefficient (Wildman–Crippen LogP) is 0.329. The average Bonchev–Trinajstić information content (AvgIpc) is 2.47. The van der Waals surface area contributed by atoms with Gasteiger partial charge in [-0.2, -0.15) is 0 Å². The van der Waals surface area contributed by atoms with Gasteiger partial charge in [0.25, 0.3) is 0 Å². The lowest BCUT2D eigenvalue weighted by Gasteiger charge is -2.04. The highest BCUT2D eigenvalue weighted by atomic mass is 15.3. The maximum absolute atomic E-state index is 5.11. The zero-order valence-electron chi connectivity index (χ0n) is 8.04. The van der Waals surface area contributed by atoms with Crippen molar-refractivity contribution >= 4 is 0 Å². The molecule has 13 heavy (non-hydrogen) atoms. The minimum Gasteiger partial charge on any atom is -0.314 e. The highest BCUT2D eigenvalue weighted by Crippen LogP contribution is 1.99. The van der Waals surface area contributed by atoms with Crippen molar-refractivity contribution in [2.24, 2.45) is 0 Å². The van der Waals surface area contributed by atoms with E-state index in [1.54, 1.807) is 0 Å². The average molecular weight is 178 g/mol. The first kappa shape index (κ1) is 9.75. The molecule has 0 saturated heterocycles. The molecule has 0 aliphatic rings. The summed E-state index contributed by atoms with van der Waals surface area (Å²) in [5.41, 5.74) is 0. The molecule has 0 fully saturated rings. The Labute approximate surface area is 78.4 Å². The number of nitrogens with one attached hydrogen (secondary N) is 1. The topological polar surface area (TPSA) is 42.7 Å². The van der Waals surface area contributed by atoms with Crippen molar-refractivity contribution in [2.75, 3.05) is 6.54 Å². The number of aryl methyl sites for hydroxylation is 1. The van der Waals surface area contributed by atoms with Crippen LogP contribution in [0.3, 0.4) is 0 Å². The molecule has 0 aromatic carbocycles. The standard InChI is InChI=1S/C9H14N4/c1-4-6-10-7-9-12-11-8(3)13(9)5-2/h1,10H,5-7H2,2-3H3. The van der Waals surface area contributed by atoms with E-state index in [1.165, 1.54) is 0 Å². The Kier molecular flexibility index (Phi) is 3.47. The molecule has 1 rings (SSSR count). The van der Waals surface area contributed by atoms with Crippen LogP contribution in [0.15, 0.2) is 0 Å². The second-order valence-electron chi connectivity index (χ2n) is 2.72. The first-order valence-electron chi connectivity index (χ1n) is 4.32. The number of rotatable bonds is 4. The molecule has 70 valence electrons. The van der Waals surface area contributed by atoms with E-state index in [4.69, 9.17) is 6.42 Å². The molecule has 0 spiro atoms. The van der Waals surface area contributed by atoms with E-state index in [-0.39, 0.29) is 0 Å². The zero-order valence-corrected chi connectivity index (χ0v) is 8.04. The molecule has 0 aliphatic heterocycles. The third-order valence-corrected chi connectivity index (χ3v) is 1.84. The minimum atomic E-state index is 0.565. The van der Waals surface area contributed by atoms with Crippen LogP contribution in [0.25, 0.3) is 0 Å². The number of hydrogen-bond donors (Lipinski definition) is 1. The van der Waals surface area contributed by atoms with Gasteiger partial charge in [-0.05, 0) is 13.8 Å². The van der Waals surface area contributed by atoms with Gasteiger partial charge in [-0.25, -0.2) is 0 Å². The summed E-state index contributed by atoms with van der Waals surface area (Å²) in [5.74, 6) is 4.40. The Balaban J connectivity index is 2.61. The molecule has 0 saturated carbocycles. The first-order valence-corrected chi connectivity index (χ1v) is 4.32. The molecule has 0 aliphatic carbocycles. The molecular formula is C9H14N4. The van der Waals surface area contributed by atoms with Crippen LogP contribution >= 0.6 is 0 Å². The predicted molar refractivity (Wildman–Crippen MR) is 51.0 cm³/mol. The summed E-state index contributed by atoms with van der Waals surface area (Å²) < 4.78 is 2.06. The normalized spacial score (nSPS) is 9.92. The van der Waals surface area contributed by atoms with E-state index in [0.717, 1.165) is 18.2 Å². The van der Waals surface area contributed by atoms with Crippen LogP contribution in [-0.2, 0) is 13.1 Å². The maximum atomic E-state index is 5.11. The fraction of sp³-hybridized carbons (Fsp3) is 0.556. The number of aromatic nitrogens is 3. The van der Waals surface area contributed by atoms with Crippen molar-refractivity contribution in [1.29, 1.82) is 0 Å². The summed E-state index contributed by atoms with van der Waals surface area (Å²) in [6.45, 7) is 6.16. The molecular weight excluding hydrogens is 164 g/mol. The van der Waals surface area contributed by atoms with E-state index in [9.17, 15) is 0 Å². The van der Waals surface area contributed by atoms with Crippen LogP contribution in [-0.4, -0.2) is 21.3 Å². The Hall–Kier alpha value is -1.34. The third-order valence-electron chi connectivity index (χ3n) is 1.84. The first-order chi connectivity index (χ1) is 6.29. The van der Waals surface area contributed by atoms with E-state index >= 15 is 0 Å². The van der Waals surface area contributed by atoms with Crippen molar-refractivity contribution in [3.63, 3.8) is 0 Å². The van der Waals surface area contributed by atoms with Gasteiger partial charge >= 0.3 is 0 Å². The van der Waals surface area contributed by atoms with Gasteiger partial charge in [0.1, 0.15) is 11.6 Å². The van der Waals surface area contributed by atoms with Crippen molar-refractivity contribution in [3.8, 4) is 12.3 Å². The Morgan fingerprint density at radius 3 is 2.92 bits per heavy atom. The van der Waals surface area contributed by atoms with Crippen molar-refractivity contribution in [3.05, 3.63) is 11.6 Å². The summed E-state index contributed by atoms with van der Waals surface area (Å²) in [7, 11) is 0. The van der Waals surface area contributed by atoms with Gasteiger partial charge in [0, 0.05) is 6.54 Å². The van der Waals surface area contributed by atoms with Gasteiger partial charge < -0.3 is 4.57 Å². The molecule has 0 amide bonds. The smallest absolute Gasteiger partial charge is 0.147 e. The van der Waals surface area contributed by atoms with Gasteiger partial charge in [-0.3, -0.25) is 5.32 Å². The fourth-order valence-corrected chi connectivity index (χ4v) is 1.21. The van der Waals surface area contributed by atoms with Crippen LogP contribution in [0.1, 0.15) is 18.6 Å². The van der Waals surface area contributed by atoms with Gasteiger partial charge in [-0.15, -0.1) is 16.6 Å². The summed E-state index contributed by atoms with van der Waals surface area (Å²) in [4.78, 5) is 0. The van der Waals surface area contributed by atoms with Crippen molar-refractivity contribution in [1.82, 2.24) is 20.1 Å². The number of nitrogens with zero attached hydrogens (tertiary/aromatic N) is 3. The van der Waals surface area contributed by atoms with Crippen LogP contribution in [0, 0.1) is 19.3 Å². The summed E-state index contributed by atoms with van der Waals surface area (Å²) in [6, 6.07) is 0. The van der Waals surface area contributed by atoms with E-state index in [1.807, 2.05) is 6.92 Å². The highest BCUT2D eigenvalue weighted by Gasteiger charge is 2.04. The van der Waals surface area contributed by atoms with E-state index < -0.39 is 0 Å². The quantitative estimate of drug-likeness (QED) is 0.533. The van der Waals surface area contributed by atoms with E-state index in [0.29, 0.717) is 13.1 Å². The largest absolute Gasteiger partial charge is 0.314 e. The van der Waals surface area contributed by atoms with Gasteiger partial charge in [0.05, 0.1) is 13.1 Å². The summed E-state index contributed by atoms with van der Waals surface area (Å²) in [6.07, 6.45) is 5.11. The van der Waals surface area contributed by atoms with Crippen molar-refractivity contribution in [2.45, 2.75) is 26.9 Å². The molecule has 0 radical (unpaired) electrons. The number of hydrogen-bond acceptors (Lipinski definition) is 3. The molecule has 0 atom stereocenters. The van der Waals surface area contributed by atoms with Gasteiger partial charge in [0.2, 0.25) is 0 Å². The van der Waals surface area contributed by atoms with Crippen LogP contribution in [0.5, 0.6) is 0 Å². The lowest BCUT2D eigenvalue weighted by atomic mass is 10.5. The SMILES string of the molecule is C#CCNCc1nnc(C)n1CC. The van der Waals surface area contributed by atoms with E-state index in [2.05, 4.69) is 32.9 Å². The number of terminal acetylenes is 1. The lowest BCUT2D eigenvalue weighted by Crippen LogP contribution is -2.17. The summed E-state index contributed by atoms with van der Waals surface area (Å²) in [5, 5.41) is 11.1. The van der Waals surface area contributed by atoms with Gasteiger partial charge in [0.15, 0.2) is 0 Å². The lowest BCUT2D eigenvalue weighted by molar-refractivity contribution is 0.633. The Morgan fingerprint density at radius 1 is 1.54 bits per heavy atom. The molecule has 1 N–H and O–H groups in total. The fourth-order valence-electron chi connectivity index (χ4n) is 1.21. The molecule has 1 aromatic heterocycles. The van der Waals surface area contributed by atoms with Gasteiger partial charge in [-0.1, -0.05) is 5.92 Å². The van der Waals surface area contributed by atoms with Crippen LogP contribution in [0.2, 0.25) is 0 Å². The second-order valence-corrected chi connectivity index (χ2v) is 2.72. The van der Waals surface area contributed by atoms with Crippen LogP contribution in [0.4, 0.5) is 0 Å². The third kappa shape index (κ3) is 2.30. The maximum Gasteiger partial charge on any atom is 0.147 e. The molecule has 4 nitrogen and oxygen atoms in total. The molecule has 0 bridgehead atoms. The zero-order chi connectivity index (χ0) is 9.68. The molecule has 0 unspecified atom stereocenters. The minimum absolute atomic E-state index is 0.565. The van der Waals surface area contributed by atoms with Crippen LogP contribution < -0.4 is 5.32 Å². The molecule has 4 heteroatoms. The Morgan fingerprint density at radius 2 is 2.31 bits per heavy atom.